The Balaban J connectivity index is 1.92. The van der Waals surface area contributed by atoms with E-state index < -0.39 is 6.09 Å². The number of halogens is 1. The third-order valence-electron chi connectivity index (χ3n) is 4.68. The molecule has 1 aliphatic heterocycles. The van der Waals surface area contributed by atoms with Crippen molar-refractivity contribution in [3.63, 3.8) is 0 Å². The van der Waals surface area contributed by atoms with Gasteiger partial charge in [0.15, 0.2) is 0 Å². The normalized spacial score (nSPS) is 17.4. The molecule has 1 aromatic heterocycles. The van der Waals surface area contributed by atoms with Crippen molar-refractivity contribution >= 4 is 17.7 Å². The minimum atomic E-state index is -0.875. The Bertz CT molecular complexity index is 803. The van der Waals surface area contributed by atoms with E-state index in [2.05, 4.69) is 30.7 Å². The molecule has 1 aromatic carbocycles. The first kappa shape index (κ1) is 18.5. The Labute approximate surface area is 157 Å². The maximum absolute atomic E-state index is 11.5. The zero-order chi connectivity index (χ0) is 18.9. The monoisotopic (exact) mass is 375 g/mol. The Morgan fingerprint density at radius 3 is 2.69 bits per heavy atom. The Hall–Kier alpha value is -2.34. The molecule has 7 heteroatoms. The minimum Gasteiger partial charge on any atom is -0.465 e. The number of amides is 1. The lowest BCUT2D eigenvalue weighted by molar-refractivity contribution is 0.135. The average Bonchev–Trinajstić information content (AvgIpc) is 2.76. The molecule has 1 amide bonds. The van der Waals surface area contributed by atoms with Crippen molar-refractivity contribution in [2.24, 2.45) is 5.41 Å². The first-order chi connectivity index (χ1) is 12.2. The first-order valence-electron chi connectivity index (χ1n) is 8.50. The van der Waals surface area contributed by atoms with E-state index in [1.54, 1.807) is 0 Å². The van der Waals surface area contributed by atoms with Crippen molar-refractivity contribution < 1.29 is 14.6 Å². The Morgan fingerprint density at radius 1 is 1.31 bits per heavy atom. The molecular weight excluding hydrogens is 354 g/mol. The van der Waals surface area contributed by atoms with E-state index in [0.717, 1.165) is 5.56 Å². The summed E-state index contributed by atoms with van der Waals surface area (Å²) in [7, 11) is 0. The molecule has 1 N–H and O–H groups in total. The highest BCUT2D eigenvalue weighted by molar-refractivity contribution is 6.29. The lowest BCUT2D eigenvalue weighted by atomic mass is 9.75. The van der Waals surface area contributed by atoms with Gasteiger partial charge in [0.2, 0.25) is 5.88 Å². The molecule has 2 aromatic rings. The molecule has 138 valence electrons. The Kier molecular flexibility index (Phi) is 5.05. The van der Waals surface area contributed by atoms with E-state index in [-0.39, 0.29) is 11.3 Å². The zero-order valence-corrected chi connectivity index (χ0v) is 15.8. The van der Waals surface area contributed by atoms with E-state index in [9.17, 15) is 9.90 Å². The second-order valence-corrected chi connectivity index (χ2v) is 7.92. The smallest absolute Gasteiger partial charge is 0.407 e. The molecule has 2 heterocycles. The summed E-state index contributed by atoms with van der Waals surface area (Å²) in [5, 5.41) is 9.78. The summed E-state index contributed by atoms with van der Waals surface area (Å²) in [4.78, 5) is 21.1. The van der Waals surface area contributed by atoms with Crippen LogP contribution in [0.15, 0.2) is 30.6 Å². The molecule has 0 saturated carbocycles. The fourth-order valence-electron chi connectivity index (χ4n) is 3.26. The van der Waals surface area contributed by atoms with Crippen molar-refractivity contribution in [3.8, 4) is 11.6 Å². The number of hydrogen-bond acceptors (Lipinski definition) is 4. The molecule has 0 bridgehead atoms. The van der Waals surface area contributed by atoms with Crippen LogP contribution in [0.5, 0.6) is 11.6 Å². The fourth-order valence-corrected chi connectivity index (χ4v) is 3.35. The molecule has 0 saturated heterocycles. The first-order valence-corrected chi connectivity index (χ1v) is 8.88. The number of nitrogens with zero attached hydrogens (tertiary/aromatic N) is 3. The quantitative estimate of drug-likeness (QED) is 0.830. The summed E-state index contributed by atoms with van der Waals surface area (Å²) in [6.45, 7) is 7.38. The molecule has 0 spiro atoms. The predicted molar refractivity (Wildman–Crippen MR) is 99.1 cm³/mol. The van der Waals surface area contributed by atoms with Gasteiger partial charge in [0, 0.05) is 19.0 Å². The summed E-state index contributed by atoms with van der Waals surface area (Å²) >= 11 is 5.74. The number of carboxylic acid groups (broad SMARTS) is 1. The van der Waals surface area contributed by atoms with Crippen LogP contribution >= 0.6 is 11.6 Å². The number of ether oxygens (including phenoxy) is 1. The fraction of sp³-hybridized carbons (Fsp3) is 0.421. The second-order valence-electron chi connectivity index (χ2n) is 7.54. The van der Waals surface area contributed by atoms with Gasteiger partial charge in [-0.25, -0.2) is 14.8 Å². The molecule has 0 aliphatic carbocycles. The van der Waals surface area contributed by atoms with Gasteiger partial charge in [-0.1, -0.05) is 38.4 Å². The van der Waals surface area contributed by atoms with E-state index in [1.807, 2.05) is 18.2 Å². The van der Waals surface area contributed by atoms with Gasteiger partial charge in [-0.05, 0) is 35.1 Å². The van der Waals surface area contributed by atoms with Crippen LogP contribution in [0.1, 0.15) is 37.8 Å². The maximum atomic E-state index is 11.5. The third-order valence-corrected chi connectivity index (χ3v) is 4.87. The van der Waals surface area contributed by atoms with Crippen LogP contribution in [0.4, 0.5) is 4.79 Å². The SMILES string of the molecule is CC(C)(C)C1CN(C(=O)O)CCc2cc(Oc3cnc(Cl)cn3)ccc21. The average molecular weight is 376 g/mol. The topological polar surface area (TPSA) is 75.6 Å². The molecule has 6 nitrogen and oxygen atoms in total. The Morgan fingerprint density at radius 2 is 2.08 bits per heavy atom. The lowest BCUT2D eigenvalue weighted by Gasteiger charge is -2.33. The molecule has 3 rings (SSSR count). The zero-order valence-electron chi connectivity index (χ0n) is 15.1. The highest BCUT2D eigenvalue weighted by atomic mass is 35.5. The van der Waals surface area contributed by atoms with Gasteiger partial charge < -0.3 is 14.7 Å². The van der Waals surface area contributed by atoms with Crippen LogP contribution in [0, 0.1) is 5.41 Å². The summed E-state index contributed by atoms with van der Waals surface area (Å²) < 4.78 is 5.77. The predicted octanol–water partition coefficient (Wildman–Crippen LogP) is 4.59. The molecule has 1 unspecified atom stereocenters. The minimum absolute atomic E-state index is 0.0587. The van der Waals surface area contributed by atoms with Crippen molar-refractivity contribution in [2.75, 3.05) is 13.1 Å². The standard InChI is InChI=1S/C19H22ClN3O3/c1-19(2,3)15-11-23(18(24)25)7-6-12-8-13(4-5-14(12)15)26-17-10-21-16(20)9-22-17/h4-5,8-10,15H,6-7,11H2,1-3H3,(H,24,25). The van der Waals surface area contributed by atoms with Gasteiger partial charge in [-0.15, -0.1) is 0 Å². The largest absolute Gasteiger partial charge is 0.465 e. The molecule has 0 fully saturated rings. The molecule has 26 heavy (non-hydrogen) atoms. The lowest BCUT2D eigenvalue weighted by Crippen LogP contribution is -2.36. The van der Waals surface area contributed by atoms with Gasteiger partial charge in [0.05, 0.1) is 12.4 Å². The van der Waals surface area contributed by atoms with Crippen LogP contribution in [-0.2, 0) is 6.42 Å². The number of aromatic nitrogens is 2. The van der Waals surface area contributed by atoms with Crippen LogP contribution < -0.4 is 4.74 Å². The van der Waals surface area contributed by atoms with Gasteiger partial charge >= 0.3 is 6.09 Å². The van der Waals surface area contributed by atoms with Crippen molar-refractivity contribution in [2.45, 2.75) is 33.1 Å². The number of rotatable bonds is 2. The van der Waals surface area contributed by atoms with Crippen LogP contribution in [0.2, 0.25) is 5.15 Å². The maximum Gasteiger partial charge on any atom is 0.407 e. The van der Waals surface area contributed by atoms with Gasteiger partial charge in [0.1, 0.15) is 10.9 Å². The second kappa shape index (κ2) is 7.11. The highest BCUT2D eigenvalue weighted by Crippen LogP contribution is 2.40. The summed E-state index contributed by atoms with van der Waals surface area (Å²) in [6, 6.07) is 5.90. The van der Waals surface area contributed by atoms with E-state index in [1.165, 1.54) is 22.9 Å². The number of fused-ring (bicyclic) bond motifs is 1. The van der Waals surface area contributed by atoms with E-state index in [4.69, 9.17) is 16.3 Å². The molecule has 1 atom stereocenters. The molecule has 0 radical (unpaired) electrons. The number of hydrogen-bond donors (Lipinski definition) is 1. The summed E-state index contributed by atoms with van der Waals surface area (Å²) in [6.07, 6.45) is 2.68. The molecule has 1 aliphatic rings. The molecular formula is C19H22ClN3O3. The van der Waals surface area contributed by atoms with Crippen LogP contribution in [0.3, 0.4) is 0 Å². The van der Waals surface area contributed by atoms with Crippen LogP contribution in [-0.4, -0.2) is 39.2 Å². The van der Waals surface area contributed by atoms with Crippen molar-refractivity contribution in [1.29, 1.82) is 0 Å². The summed E-state index contributed by atoms with van der Waals surface area (Å²) in [5.74, 6) is 1.12. The third kappa shape index (κ3) is 4.07. The number of benzene rings is 1. The van der Waals surface area contributed by atoms with Crippen LogP contribution in [0.25, 0.3) is 0 Å². The van der Waals surface area contributed by atoms with Gasteiger partial charge in [-0.2, -0.15) is 0 Å². The van der Waals surface area contributed by atoms with Crippen molar-refractivity contribution in [1.82, 2.24) is 14.9 Å². The summed E-state index contributed by atoms with van der Waals surface area (Å²) in [5.41, 5.74) is 2.22. The van der Waals surface area contributed by atoms with E-state index >= 15 is 0 Å². The van der Waals surface area contributed by atoms with Crippen molar-refractivity contribution in [3.05, 3.63) is 46.9 Å². The highest BCUT2D eigenvalue weighted by Gasteiger charge is 2.33. The van der Waals surface area contributed by atoms with Gasteiger partial charge in [0.25, 0.3) is 0 Å². The number of carbonyl (C=O) groups is 1. The van der Waals surface area contributed by atoms with Gasteiger partial charge in [-0.3, -0.25) is 0 Å². The van der Waals surface area contributed by atoms with E-state index in [0.29, 0.717) is 36.3 Å².